The maximum Gasteiger partial charge on any atom is 0.186 e. The molecule has 0 aromatic carbocycles. The van der Waals surface area contributed by atoms with E-state index in [0.29, 0.717) is 0 Å². The molecule has 0 saturated carbocycles. The van der Waals surface area contributed by atoms with E-state index in [4.69, 9.17) is 4.43 Å². The Bertz CT molecular complexity index is 234. The number of aromatic nitrogens is 2. The number of aryl methyl sites for hydroxylation is 1. The minimum atomic E-state index is -1.34. The molecule has 0 aliphatic rings. The highest BCUT2D eigenvalue weighted by molar-refractivity contribution is 6.71. The normalized spacial score (nSPS) is 11.9. The fraction of sp³-hybridized carbons (Fsp3) is 0.667. The van der Waals surface area contributed by atoms with Crippen molar-refractivity contribution in [2.24, 2.45) is 0 Å². The first-order chi connectivity index (χ1) is 6.14. The predicted molar refractivity (Wildman–Crippen MR) is 56.1 cm³/mol. The molecule has 74 valence electrons. The van der Waals surface area contributed by atoms with Gasteiger partial charge in [0.2, 0.25) is 0 Å². The summed E-state index contributed by atoms with van der Waals surface area (Å²) in [5.41, 5.74) is 0. The lowest BCUT2D eigenvalue weighted by Gasteiger charge is -2.19. The van der Waals surface area contributed by atoms with Crippen molar-refractivity contribution in [3.63, 3.8) is 0 Å². The van der Waals surface area contributed by atoms with Crippen LogP contribution in [0.4, 0.5) is 0 Å². The fourth-order valence-corrected chi connectivity index (χ4v) is 2.42. The number of nitrogens with zero attached hydrogens (tertiary/aromatic N) is 2. The van der Waals surface area contributed by atoms with Gasteiger partial charge in [0.05, 0.1) is 6.33 Å². The number of rotatable bonds is 5. The van der Waals surface area contributed by atoms with Gasteiger partial charge in [-0.3, -0.25) is 0 Å². The maximum absolute atomic E-state index is 5.47. The zero-order chi connectivity index (χ0) is 9.73. The third kappa shape index (κ3) is 3.74. The average Bonchev–Trinajstić information content (AvgIpc) is 2.57. The van der Waals surface area contributed by atoms with Gasteiger partial charge in [0, 0.05) is 26.0 Å². The van der Waals surface area contributed by atoms with Crippen LogP contribution in [0.25, 0.3) is 0 Å². The van der Waals surface area contributed by atoms with E-state index in [0.717, 1.165) is 6.54 Å². The van der Waals surface area contributed by atoms with Gasteiger partial charge in [0.1, 0.15) is 0 Å². The van der Waals surface area contributed by atoms with Crippen LogP contribution < -0.4 is 0 Å². The molecule has 0 amide bonds. The van der Waals surface area contributed by atoms with E-state index in [2.05, 4.69) is 22.6 Å². The van der Waals surface area contributed by atoms with Crippen molar-refractivity contribution >= 4 is 8.32 Å². The van der Waals surface area contributed by atoms with E-state index in [1.165, 1.54) is 12.5 Å². The Labute approximate surface area is 80.9 Å². The molecule has 0 bridgehead atoms. The molecule has 1 rings (SSSR count). The first kappa shape index (κ1) is 10.5. The van der Waals surface area contributed by atoms with Gasteiger partial charge < -0.3 is 8.99 Å². The molecule has 3 nitrogen and oxygen atoms in total. The Hall–Kier alpha value is -0.613. The second-order valence-corrected chi connectivity index (χ2v) is 8.30. The molecule has 13 heavy (non-hydrogen) atoms. The van der Waals surface area contributed by atoms with Gasteiger partial charge in [-0.05, 0) is 25.6 Å². The Morgan fingerprint density at radius 2 is 2.23 bits per heavy atom. The molecule has 1 aromatic rings. The van der Waals surface area contributed by atoms with Crippen LogP contribution in [-0.2, 0) is 11.0 Å². The van der Waals surface area contributed by atoms with Gasteiger partial charge in [-0.1, -0.05) is 0 Å². The molecule has 1 aromatic heterocycles. The third-order valence-corrected chi connectivity index (χ3v) is 4.97. The second-order valence-electron chi connectivity index (χ2n) is 3.87. The summed E-state index contributed by atoms with van der Waals surface area (Å²) in [7, 11) is 0.478. The second kappa shape index (κ2) is 4.57. The van der Waals surface area contributed by atoms with Gasteiger partial charge in [-0.25, -0.2) is 4.98 Å². The molecule has 0 aliphatic carbocycles. The molecule has 1 heterocycles. The molecule has 0 N–H and O–H groups in total. The first-order valence-corrected chi connectivity index (χ1v) is 7.76. The summed E-state index contributed by atoms with van der Waals surface area (Å²) < 4.78 is 7.58. The lowest BCUT2D eigenvalue weighted by molar-refractivity contribution is 0.400. The zero-order valence-electron chi connectivity index (χ0n) is 8.66. The largest absolute Gasteiger partial charge is 0.420 e. The van der Waals surface area contributed by atoms with E-state index in [1.54, 1.807) is 0 Å². The zero-order valence-corrected chi connectivity index (χ0v) is 9.66. The first-order valence-electron chi connectivity index (χ1n) is 4.65. The lowest BCUT2D eigenvalue weighted by Crippen LogP contribution is -2.28. The Morgan fingerprint density at radius 3 is 2.77 bits per heavy atom. The molecular weight excluding hydrogens is 180 g/mol. The van der Waals surface area contributed by atoms with Crippen LogP contribution in [-0.4, -0.2) is 25.0 Å². The van der Waals surface area contributed by atoms with E-state index in [9.17, 15) is 0 Å². The summed E-state index contributed by atoms with van der Waals surface area (Å²) in [5.74, 6) is 0. The molecule has 0 fully saturated rings. The quantitative estimate of drug-likeness (QED) is 0.678. The molecule has 4 heteroatoms. The molecule has 0 unspecified atom stereocenters. The van der Waals surface area contributed by atoms with Crippen LogP contribution in [0.3, 0.4) is 0 Å². The Kier molecular flexibility index (Phi) is 3.68. The van der Waals surface area contributed by atoms with Crippen molar-refractivity contribution < 1.29 is 4.43 Å². The van der Waals surface area contributed by atoms with Crippen molar-refractivity contribution in [2.45, 2.75) is 32.1 Å². The number of hydrogen-bond acceptors (Lipinski definition) is 2. The van der Waals surface area contributed by atoms with Crippen molar-refractivity contribution in [3.05, 3.63) is 18.7 Å². The van der Waals surface area contributed by atoms with Gasteiger partial charge in [0.15, 0.2) is 8.32 Å². The summed E-state index contributed by atoms with van der Waals surface area (Å²) in [6.45, 7) is 5.56. The number of hydrogen-bond donors (Lipinski definition) is 0. The van der Waals surface area contributed by atoms with Crippen molar-refractivity contribution in [3.8, 4) is 0 Å². The summed E-state index contributed by atoms with van der Waals surface area (Å²) in [6, 6.07) is 1.21. The Morgan fingerprint density at radius 1 is 1.46 bits per heavy atom. The monoisotopic (exact) mass is 198 g/mol. The lowest BCUT2D eigenvalue weighted by atomic mass is 10.5. The highest BCUT2D eigenvalue weighted by Crippen LogP contribution is 2.12. The highest BCUT2D eigenvalue weighted by atomic mass is 28.4. The SMILES string of the molecule is CO[Si](C)(C)CCCn1ccnc1. The van der Waals surface area contributed by atoms with Gasteiger partial charge in [0.25, 0.3) is 0 Å². The summed E-state index contributed by atoms with van der Waals surface area (Å²) >= 11 is 0. The number of imidazole rings is 1. The topological polar surface area (TPSA) is 27.1 Å². The molecule has 0 atom stereocenters. The minimum Gasteiger partial charge on any atom is -0.420 e. The van der Waals surface area contributed by atoms with Crippen LogP contribution >= 0.6 is 0 Å². The van der Waals surface area contributed by atoms with Gasteiger partial charge >= 0.3 is 0 Å². The minimum absolute atomic E-state index is 1.06. The van der Waals surface area contributed by atoms with E-state index in [-0.39, 0.29) is 0 Å². The summed E-state index contributed by atoms with van der Waals surface area (Å²) in [5, 5.41) is 0. The van der Waals surface area contributed by atoms with E-state index >= 15 is 0 Å². The molecular formula is C9H18N2OSi. The molecule has 0 saturated heterocycles. The average molecular weight is 198 g/mol. The summed E-state index contributed by atoms with van der Waals surface area (Å²) in [6.07, 6.45) is 6.87. The van der Waals surface area contributed by atoms with Crippen LogP contribution in [0.2, 0.25) is 19.1 Å². The van der Waals surface area contributed by atoms with Crippen molar-refractivity contribution in [1.82, 2.24) is 9.55 Å². The maximum atomic E-state index is 5.47. The third-order valence-electron chi connectivity index (χ3n) is 2.31. The van der Waals surface area contributed by atoms with Crippen LogP contribution in [0.1, 0.15) is 6.42 Å². The van der Waals surface area contributed by atoms with Crippen LogP contribution in [0, 0.1) is 0 Å². The standard InChI is InChI=1S/C9H18N2OSi/c1-12-13(2,3)8-4-6-11-7-5-10-9-11/h5,7,9H,4,6,8H2,1-3H3. The fourth-order valence-electron chi connectivity index (χ4n) is 1.21. The van der Waals surface area contributed by atoms with E-state index in [1.807, 2.05) is 25.8 Å². The smallest absolute Gasteiger partial charge is 0.186 e. The van der Waals surface area contributed by atoms with Gasteiger partial charge in [-0.15, -0.1) is 0 Å². The highest BCUT2D eigenvalue weighted by Gasteiger charge is 2.19. The molecule has 0 radical (unpaired) electrons. The molecule has 0 spiro atoms. The van der Waals surface area contributed by atoms with Crippen LogP contribution in [0.15, 0.2) is 18.7 Å². The Balaban J connectivity index is 2.21. The van der Waals surface area contributed by atoms with Crippen molar-refractivity contribution in [1.29, 1.82) is 0 Å². The molecule has 0 aliphatic heterocycles. The van der Waals surface area contributed by atoms with Crippen molar-refractivity contribution in [2.75, 3.05) is 7.11 Å². The predicted octanol–water partition coefficient (Wildman–Crippen LogP) is 2.12. The van der Waals surface area contributed by atoms with Crippen LogP contribution in [0.5, 0.6) is 0 Å². The summed E-state index contributed by atoms with van der Waals surface area (Å²) in [4.78, 5) is 4.00. The van der Waals surface area contributed by atoms with E-state index < -0.39 is 8.32 Å². The van der Waals surface area contributed by atoms with Gasteiger partial charge in [-0.2, -0.15) is 0 Å².